The van der Waals surface area contributed by atoms with Gasteiger partial charge in [-0.15, -0.1) is 11.3 Å². The summed E-state index contributed by atoms with van der Waals surface area (Å²) in [4.78, 5) is 5.10. The number of aliphatic imine (C=N–C) groups is 1. The summed E-state index contributed by atoms with van der Waals surface area (Å²) in [6, 6.07) is 62.9. The molecule has 1 aliphatic rings. The van der Waals surface area contributed by atoms with E-state index in [-0.39, 0.29) is 6.17 Å². The van der Waals surface area contributed by atoms with Crippen molar-refractivity contribution in [2.75, 3.05) is 0 Å². The molecular weight excluding hydrogens is 613 g/mol. The molecule has 1 atom stereocenters. The highest BCUT2D eigenvalue weighted by molar-refractivity contribution is 7.26. The highest BCUT2D eigenvalue weighted by atomic mass is 32.1. The summed E-state index contributed by atoms with van der Waals surface area (Å²) in [6.45, 7) is 0. The predicted molar refractivity (Wildman–Crippen MR) is 209 cm³/mol. The highest BCUT2D eigenvalue weighted by Gasteiger charge is 2.20. The predicted octanol–water partition coefficient (Wildman–Crippen LogP) is 12.2. The molecule has 3 heteroatoms. The Morgan fingerprint density at radius 3 is 1.78 bits per heavy atom. The molecule has 0 amide bonds. The molecule has 7 aromatic carbocycles. The van der Waals surface area contributed by atoms with Crippen LogP contribution in [0.2, 0.25) is 0 Å². The summed E-state index contributed by atoms with van der Waals surface area (Å²) < 4.78 is 2.67. The van der Waals surface area contributed by atoms with Crippen molar-refractivity contribution in [1.29, 1.82) is 0 Å². The normalized spacial score (nSPS) is 14.3. The largest absolute Gasteiger partial charge is 0.360 e. The first-order chi connectivity index (χ1) is 24.3. The average molecular weight is 645 g/mol. The maximum Gasteiger partial charge on any atom is 0.145 e. The summed E-state index contributed by atoms with van der Waals surface area (Å²) in [7, 11) is 0. The Morgan fingerprint density at radius 2 is 1.02 bits per heavy atom. The van der Waals surface area contributed by atoms with E-state index in [1.54, 1.807) is 0 Å². The Kier molecular flexibility index (Phi) is 7.45. The van der Waals surface area contributed by atoms with Crippen LogP contribution in [-0.2, 0) is 0 Å². The van der Waals surface area contributed by atoms with Crippen LogP contribution in [0.15, 0.2) is 187 Å². The molecule has 1 aliphatic heterocycles. The van der Waals surface area contributed by atoms with Crippen LogP contribution in [0.5, 0.6) is 0 Å². The molecule has 9 rings (SSSR count). The maximum absolute atomic E-state index is 5.10. The zero-order chi connectivity index (χ0) is 32.6. The van der Waals surface area contributed by atoms with Gasteiger partial charge in [0.25, 0.3) is 0 Å². The number of fused-ring (bicyclic) bond motifs is 3. The van der Waals surface area contributed by atoms with Gasteiger partial charge in [0.2, 0.25) is 0 Å². The van der Waals surface area contributed by atoms with E-state index in [1.165, 1.54) is 53.6 Å². The second-order valence-electron chi connectivity index (χ2n) is 12.4. The second-order valence-corrected chi connectivity index (χ2v) is 13.5. The van der Waals surface area contributed by atoms with Gasteiger partial charge in [-0.05, 0) is 74.3 Å². The number of thiophene rings is 1. The molecule has 0 saturated carbocycles. The maximum atomic E-state index is 5.10. The van der Waals surface area contributed by atoms with Gasteiger partial charge in [-0.1, -0.05) is 158 Å². The van der Waals surface area contributed by atoms with Crippen molar-refractivity contribution in [3.63, 3.8) is 0 Å². The van der Waals surface area contributed by atoms with Crippen molar-refractivity contribution in [2.24, 2.45) is 4.99 Å². The van der Waals surface area contributed by atoms with Crippen LogP contribution in [-0.4, -0.2) is 5.71 Å². The average Bonchev–Trinajstić information content (AvgIpc) is 3.58. The molecule has 0 bridgehead atoms. The van der Waals surface area contributed by atoms with Gasteiger partial charge < -0.3 is 5.32 Å². The molecule has 1 aromatic heterocycles. The lowest BCUT2D eigenvalue weighted by Crippen LogP contribution is -2.24. The summed E-state index contributed by atoms with van der Waals surface area (Å²) in [5.41, 5.74) is 12.7. The lowest BCUT2D eigenvalue weighted by atomic mass is 9.95. The van der Waals surface area contributed by atoms with E-state index in [9.17, 15) is 0 Å². The monoisotopic (exact) mass is 644 g/mol. The molecule has 2 heterocycles. The summed E-state index contributed by atoms with van der Waals surface area (Å²) in [6.07, 6.45) is 2.00. The van der Waals surface area contributed by atoms with Gasteiger partial charge in [-0.25, -0.2) is 0 Å². The third-order valence-corrected chi connectivity index (χ3v) is 10.5. The molecular formula is C46H32N2S. The molecule has 2 nitrogen and oxygen atoms in total. The molecule has 0 aliphatic carbocycles. The van der Waals surface area contributed by atoms with Crippen LogP contribution in [0.4, 0.5) is 0 Å². The highest BCUT2D eigenvalue weighted by Crippen LogP contribution is 2.40. The van der Waals surface area contributed by atoms with E-state index >= 15 is 0 Å². The quantitative estimate of drug-likeness (QED) is 0.191. The Hall–Kier alpha value is -6.03. The standard InChI is InChI=1S/C46H32N2S/c1-3-12-33(13-4-1)42-30-43(48-46(47-42)34-14-5-2-6-15-34)38-19-10-17-36(29-38)32-26-24-31(25-27-32)35-16-9-18-37(28-35)39-21-11-22-41-40-20-7-8-23-44(40)49-45(39)41/h1-30,46,48H. The van der Waals surface area contributed by atoms with Gasteiger partial charge in [0.15, 0.2) is 0 Å². The molecule has 0 radical (unpaired) electrons. The molecule has 1 N–H and O–H groups in total. The zero-order valence-electron chi connectivity index (χ0n) is 26.8. The van der Waals surface area contributed by atoms with Gasteiger partial charge in [-0.2, -0.15) is 0 Å². The smallest absolute Gasteiger partial charge is 0.145 e. The molecule has 1 unspecified atom stereocenters. The first-order valence-electron chi connectivity index (χ1n) is 16.7. The van der Waals surface area contributed by atoms with Gasteiger partial charge in [0.05, 0.1) is 5.71 Å². The summed E-state index contributed by atoms with van der Waals surface area (Å²) >= 11 is 1.88. The lowest BCUT2D eigenvalue weighted by Gasteiger charge is -2.25. The first-order valence-corrected chi connectivity index (χ1v) is 17.5. The van der Waals surface area contributed by atoms with Crippen LogP contribution in [0, 0.1) is 0 Å². The Labute approximate surface area is 290 Å². The zero-order valence-corrected chi connectivity index (χ0v) is 27.6. The van der Waals surface area contributed by atoms with Crippen molar-refractivity contribution in [2.45, 2.75) is 6.17 Å². The van der Waals surface area contributed by atoms with E-state index in [1.807, 2.05) is 23.5 Å². The fourth-order valence-electron chi connectivity index (χ4n) is 6.82. The fourth-order valence-corrected chi connectivity index (χ4v) is 8.06. The van der Waals surface area contributed by atoms with E-state index < -0.39 is 0 Å². The Balaban J connectivity index is 1.02. The number of allylic oxidation sites excluding steroid dienone is 1. The minimum atomic E-state index is -0.166. The van der Waals surface area contributed by atoms with Gasteiger partial charge >= 0.3 is 0 Å². The van der Waals surface area contributed by atoms with Gasteiger partial charge in [0.1, 0.15) is 6.17 Å². The third-order valence-electron chi connectivity index (χ3n) is 9.33. The van der Waals surface area contributed by atoms with E-state index in [2.05, 4.69) is 175 Å². The van der Waals surface area contributed by atoms with Gasteiger partial charge in [-0.3, -0.25) is 4.99 Å². The topological polar surface area (TPSA) is 24.4 Å². The van der Waals surface area contributed by atoms with Crippen molar-refractivity contribution in [3.8, 4) is 33.4 Å². The van der Waals surface area contributed by atoms with Crippen LogP contribution in [0.1, 0.15) is 22.9 Å². The summed E-state index contributed by atoms with van der Waals surface area (Å²) in [5, 5.41) is 6.36. The molecule has 0 saturated heterocycles. The molecule has 232 valence electrons. The van der Waals surface area contributed by atoms with Crippen molar-refractivity contribution >= 4 is 42.9 Å². The molecule has 49 heavy (non-hydrogen) atoms. The van der Waals surface area contributed by atoms with E-state index in [0.717, 1.165) is 28.1 Å². The van der Waals surface area contributed by atoms with Crippen molar-refractivity contribution < 1.29 is 0 Å². The Bertz CT molecular complexity index is 2510. The minimum absolute atomic E-state index is 0.166. The molecule has 0 fully saturated rings. The first kappa shape index (κ1) is 29.1. The van der Waals surface area contributed by atoms with Crippen LogP contribution in [0.25, 0.3) is 59.3 Å². The third kappa shape index (κ3) is 5.65. The number of nitrogens with zero attached hydrogens (tertiary/aromatic N) is 1. The molecule has 8 aromatic rings. The van der Waals surface area contributed by atoms with Crippen LogP contribution >= 0.6 is 11.3 Å². The van der Waals surface area contributed by atoms with Crippen molar-refractivity contribution in [3.05, 3.63) is 199 Å². The number of hydrogen-bond donors (Lipinski definition) is 1. The van der Waals surface area contributed by atoms with Gasteiger partial charge in [0, 0.05) is 25.9 Å². The van der Waals surface area contributed by atoms with Crippen LogP contribution in [0.3, 0.4) is 0 Å². The number of rotatable bonds is 6. The van der Waals surface area contributed by atoms with E-state index in [0.29, 0.717) is 0 Å². The van der Waals surface area contributed by atoms with Crippen molar-refractivity contribution in [1.82, 2.24) is 5.32 Å². The SMILES string of the molecule is C1=C(c2cccc(-c3ccc(-c4cccc(-c5cccc6c5sc5ccccc56)c4)cc3)c2)NC(c2ccccc2)N=C1c1ccccc1. The number of hydrogen-bond acceptors (Lipinski definition) is 3. The minimum Gasteiger partial charge on any atom is -0.360 e. The lowest BCUT2D eigenvalue weighted by molar-refractivity contribution is 0.664. The van der Waals surface area contributed by atoms with E-state index in [4.69, 9.17) is 4.99 Å². The number of nitrogens with one attached hydrogen (secondary N) is 1. The molecule has 0 spiro atoms. The summed E-state index contributed by atoms with van der Waals surface area (Å²) in [5.74, 6) is 0. The van der Waals surface area contributed by atoms with Crippen LogP contribution < -0.4 is 5.32 Å². The second kappa shape index (κ2) is 12.5. The number of benzene rings is 7. The Morgan fingerprint density at radius 1 is 0.449 bits per heavy atom. The fraction of sp³-hybridized carbons (Fsp3) is 0.0217.